The molecule has 0 bridgehead atoms. The van der Waals surface area contributed by atoms with E-state index in [1.807, 2.05) is 18.2 Å². The van der Waals surface area contributed by atoms with E-state index >= 15 is 0 Å². The van der Waals surface area contributed by atoms with Crippen LogP contribution in [0, 0.1) is 5.82 Å². The summed E-state index contributed by atoms with van der Waals surface area (Å²) in [6.45, 7) is 0.512. The minimum atomic E-state index is -0.455. The number of nitrogens with one attached hydrogen (secondary N) is 1. The second-order valence-electron chi connectivity index (χ2n) is 4.10. The molecule has 1 heterocycles. The van der Waals surface area contributed by atoms with Crippen LogP contribution < -0.4 is 10.2 Å². The molecule has 4 nitrogen and oxygen atoms in total. The highest BCUT2D eigenvalue weighted by atomic mass is 35.5. The third-order valence-electron chi connectivity index (χ3n) is 2.62. The molecule has 0 saturated heterocycles. The normalized spacial score (nSPS) is 10.3. The molecular formula is C13H14ClFN4. The van der Waals surface area contributed by atoms with Gasteiger partial charge in [0, 0.05) is 25.7 Å². The van der Waals surface area contributed by atoms with Crippen molar-refractivity contribution < 1.29 is 4.39 Å². The summed E-state index contributed by atoms with van der Waals surface area (Å²) >= 11 is 5.93. The number of hydrogen-bond acceptors (Lipinski definition) is 4. The quantitative estimate of drug-likeness (QED) is 0.935. The number of hydrogen-bond donors (Lipinski definition) is 1. The van der Waals surface area contributed by atoms with Crippen molar-refractivity contribution in [2.24, 2.45) is 0 Å². The summed E-state index contributed by atoms with van der Waals surface area (Å²) in [5, 5.41) is 3.44. The van der Waals surface area contributed by atoms with E-state index in [0.717, 1.165) is 11.8 Å². The topological polar surface area (TPSA) is 41.1 Å². The Morgan fingerprint density at radius 3 is 2.89 bits per heavy atom. The van der Waals surface area contributed by atoms with E-state index in [9.17, 15) is 4.39 Å². The summed E-state index contributed by atoms with van der Waals surface area (Å²) in [6.07, 6.45) is 1.16. The summed E-state index contributed by atoms with van der Waals surface area (Å²) in [7, 11) is 3.46. The number of nitrogens with zero attached hydrogens (tertiary/aromatic N) is 3. The summed E-state index contributed by atoms with van der Waals surface area (Å²) in [5.41, 5.74) is 0.985. The van der Waals surface area contributed by atoms with Crippen LogP contribution in [0.25, 0.3) is 0 Å². The second kappa shape index (κ2) is 5.84. The highest BCUT2D eigenvalue weighted by Gasteiger charge is 2.11. The number of anilines is 2. The van der Waals surface area contributed by atoms with Crippen molar-refractivity contribution in [1.29, 1.82) is 0 Å². The van der Waals surface area contributed by atoms with Gasteiger partial charge in [-0.05, 0) is 17.7 Å². The van der Waals surface area contributed by atoms with Gasteiger partial charge in [-0.3, -0.25) is 0 Å². The van der Waals surface area contributed by atoms with E-state index in [1.54, 1.807) is 25.1 Å². The van der Waals surface area contributed by atoms with Crippen molar-refractivity contribution in [3.05, 3.63) is 46.9 Å². The lowest BCUT2D eigenvalue weighted by Crippen LogP contribution is -2.20. The minimum absolute atomic E-state index is 0.249. The van der Waals surface area contributed by atoms with Gasteiger partial charge in [-0.1, -0.05) is 23.7 Å². The fourth-order valence-electron chi connectivity index (χ4n) is 1.73. The molecule has 100 valence electrons. The fourth-order valence-corrected chi connectivity index (χ4v) is 1.94. The summed E-state index contributed by atoms with van der Waals surface area (Å²) in [5.74, 6) is 0.178. The Bertz CT molecular complexity index is 576. The largest absolute Gasteiger partial charge is 0.357 e. The predicted molar refractivity (Wildman–Crippen MR) is 75.1 cm³/mol. The molecule has 0 amide bonds. The molecule has 0 unspecified atom stereocenters. The first kappa shape index (κ1) is 13.5. The molecule has 19 heavy (non-hydrogen) atoms. The SMILES string of the molecule is CNc1ncc(F)c(N(C)Cc2cccc(Cl)c2)n1. The first-order valence-electron chi connectivity index (χ1n) is 5.76. The van der Waals surface area contributed by atoms with E-state index in [-0.39, 0.29) is 5.82 Å². The molecule has 1 aromatic heterocycles. The average molecular weight is 281 g/mol. The smallest absolute Gasteiger partial charge is 0.224 e. The second-order valence-corrected chi connectivity index (χ2v) is 4.54. The molecule has 0 aliphatic rings. The minimum Gasteiger partial charge on any atom is -0.357 e. The summed E-state index contributed by atoms with van der Waals surface area (Å²) < 4.78 is 13.7. The zero-order valence-electron chi connectivity index (χ0n) is 10.7. The number of aromatic nitrogens is 2. The van der Waals surface area contributed by atoms with E-state index in [2.05, 4.69) is 15.3 Å². The van der Waals surface area contributed by atoms with E-state index in [4.69, 9.17) is 11.6 Å². The Morgan fingerprint density at radius 1 is 1.42 bits per heavy atom. The maximum atomic E-state index is 13.7. The van der Waals surface area contributed by atoms with Gasteiger partial charge in [0.1, 0.15) is 0 Å². The van der Waals surface area contributed by atoms with Gasteiger partial charge >= 0.3 is 0 Å². The molecule has 1 aromatic carbocycles. The van der Waals surface area contributed by atoms with Crippen LogP contribution in [0.1, 0.15) is 5.56 Å². The van der Waals surface area contributed by atoms with E-state index in [1.165, 1.54) is 0 Å². The standard InChI is InChI=1S/C13H14ClFN4/c1-16-13-17-7-11(15)12(18-13)19(2)8-9-4-3-5-10(14)6-9/h3-7H,8H2,1-2H3,(H,16,17,18). The predicted octanol–water partition coefficient (Wildman–Crippen LogP) is 2.95. The molecular weight excluding hydrogens is 267 g/mol. The Labute approximate surface area is 116 Å². The van der Waals surface area contributed by atoms with Gasteiger partial charge in [0.15, 0.2) is 11.6 Å². The van der Waals surface area contributed by atoms with Crippen LogP contribution in [0.2, 0.25) is 5.02 Å². The van der Waals surface area contributed by atoms with Crippen LogP contribution in [-0.2, 0) is 6.54 Å². The Morgan fingerprint density at radius 2 is 2.21 bits per heavy atom. The van der Waals surface area contributed by atoms with E-state index in [0.29, 0.717) is 17.5 Å². The van der Waals surface area contributed by atoms with Crippen molar-refractivity contribution in [1.82, 2.24) is 9.97 Å². The average Bonchev–Trinajstić information content (AvgIpc) is 2.39. The third kappa shape index (κ3) is 3.32. The molecule has 0 atom stereocenters. The lowest BCUT2D eigenvalue weighted by atomic mass is 10.2. The molecule has 0 radical (unpaired) electrons. The zero-order chi connectivity index (χ0) is 13.8. The summed E-state index contributed by atoms with van der Waals surface area (Å²) in [6, 6.07) is 7.44. The summed E-state index contributed by atoms with van der Waals surface area (Å²) in [4.78, 5) is 9.63. The van der Waals surface area contributed by atoms with Gasteiger partial charge in [-0.15, -0.1) is 0 Å². The molecule has 0 aliphatic heterocycles. The van der Waals surface area contributed by atoms with Crippen LogP contribution in [0.4, 0.5) is 16.2 Å². The fraction of sp³-hybridized carbons (Fsp3) is 0.231. The Balaban J connectivity index is 2.22. The molecule has 2 aromatic rings. The van der Waals surface area contributed by atoms with Crippen LogP contribution in [0.15, 0.2) is 30.5 Å². The van der Waals surface area contributed by atoms with Crippen molar-refractivity contribution in [2.75, 3.05) is 24.3 Å². The monoisotopic (exact) mass is 280 g/mol. The van der Waals surface area contributed by atoms with Crippen LogP contribution in [-0.4, -0.2) is 24.1 Å². The van der Waals surface area contributed by atoms with E-state index < -0.39 is 5.82 Å². The van der Waals surface area contributed by atoms with Crippen LogP contribution in [0.3, 0.4) is 0 Å². The van der Waals surface area contributed by atoms with Crippen LogP contribution >= 0.6 is 11.6 Å². The maximum Gasteiger partial charge on any atom is 0.224 e. The van der Waals surface area contributed by atoms with Gasteiger partial charge in [0.25, 0.3) is 0 Å². The van der Waals surface area contributed by atoms with Gasteiger partial charge in [-0.25, -0.2) is 9.37 Å². The first-order chi connectivity index (χ1) is 9.10. The van der Waals surface area contributed by atoms with Gasteiger partial charge in [0.2, 0.25) is 5.95 Å². The number of rotatable bonds is 4. The van der Waals surface area contributed by atoms with Crippen molar-refractivity contribution in [2.45, 2.75) is 6.54 Å². The highest BCUT2D eigenvalue weighted by Crippen LogP contribution is 2.19. The zero-order valence-corrected chi connectivity index (χ0v) is 11.4. The molecule has 0 aliphatic carbocycles. The third-order valence-corrected chi connectivity index (χ3v) is 2.85. The van der Waals surface area contributed by atoms with Gasteiger partial charge in [-0.2, -0.15) is 4.98 Å². The molecule has 1 N–H and O–H groups in total. The highest BCUT2D eigenvalue weighted by molar-refractivity contribution is 6.30. The molecule has 6 heteroatoms. The first-order valence-corrected chi connectivity index (χ1v) is 6.14. The maximum absolute atomic E-state index is 13.7. The Kier molecular flexibility index (Phi) is 4.16. The van der Waals surface area contributed by atoms with Crippen molar-refractivity contribution in [3.8, 4) is 0 Å². The van der Waals surface area contributed by atoms with Crippen molar-refractivity contribution >= 4 is 23.4 Å². The van der Waals surface area contributed by atoms with Gasteiger partial charge < -0.3 is 10.2 Å². The molecule has 2 rings (SSSR count). The number of halogens is 2. The number of benzene rings is 1. The Hall–Kier alpha value is -1.88. The van der Waals surface area contributed by atoms with Crippen LogP contribution in [0.5, 0.6) is 0 Å². The van der Waals surface area contributed by atoms with Gasteiger partial charge in [0.05, 0.1) is 6.20 Å². The lowest BCUT2D eigenvalue weighted by molar-refractivity contribution is 0.608. The van der Waals surface area contributed by atoms with Crippen molar-refractivity contribution in [3.63, 3.8) is 0 Å². The molecule has 0 fully saturated rings. The molecule has 0 saturated carbocycles. The molecule has 0 spiro atoms. The lowest BCUT2D eigenvalue weighted by Gasteiger charge is -2.19.